The van der Waals surface area contributed by atoms with E-state index in [1.165, 1.54) is 16.9 Å². The van der Waals surface area contributed by atoms with E-state index < -0.39 is 0 Å². The molecule has 108 valence electrons. The van der Waals surface area contributed by atoms with Gasteiger partial charge in [-0.15, -0.1) is 0 Å². The number of aliphatic hydroxyl groups is 1. The van der Waals surface area contributed by atoms with Crippen LogP contribution in [0.25, 0.3) is 10.2 Å². The van der Waals surface area contributed by atoms with E-state index >= 15 is 0 Å². The van der Waals surface area contributed by atoms with Crippen molar-refractivity contribution >= 4 is 26.7 Å². The fourth-order valence-corrected chi connectivity index (χ4v) is 3.01. The van der Waals surface area contributed by atoms with Crippen molar-refractivity contribution in [1.29, 1.82) is 0 Å². The molecule has 1 heterocycles. The molecule has 0 bridgehead atoms. The van der Waals surface area contributed by atoms with Crippen LogP contribution in [0.1, 0.15) is 11.1 Å². The molecule has 0 aliphatic carbocycles. The average Bonchev–Trinajstić information content (AvgIpc) is 2.89. The Morgan fingerprint density at radius 2 is 1.81 bits per heavy atom. The minimum absolute atomic E-state index is 0.177. The molecule has 3 rings (SSSR count). The van der Waals surface area contributed by atoms with E-state index in [-0.39, 0.29) is 12.4 Å². The summed E-state index contributed by atoms with van der Waals surface area (Å²) in [5, 5.41) is 22.5. The first kappa shape index (κ1) is 13.9. The minimum Gasteiger partial charge on any atom is -0.508 e. The van der Waals surface area contributed by atoms with Gasteiger partial charge < -0.3 is 15.5 Å². The molecule has 0 unspecified atom stereocenters. The SMILES string of the molecule is OCCc1ccc(CNc2nc3ccc(O)cc3s2)cc1. The molecule has 4 nitrogen and oxygen atoms in total. The van der Waals surface area contributed by atoms with Gasteiger partial charge in [-0.05, 0) is 35.7 Å². The number of phenolic OH excluding ortho intramolecular Hbond substituents is 1. The number of anilines is 1. The van der Waals surface area contributed by atoms with Crippen LogP contribution in [0, 0.1) is 0 Å². The summed E-state index contributed by atoms with van der Waals surface area (Å²) < 4.78 is 0.968. The predicted molar refractivity (Wildman–Crippen MR) is 85.8 cm³/mol. The molecule has 0 spiro atoms. The molecule has 5 heteroatoms. The zero-order valence-corrected chi connectivity index (χ0v) is 12.2. The number of aromatic nitrogens is 1. The second-order valence-electron chi connectivity index (χ2n) is 4.81. The number of aliphatic hydroxyl groups excluding tert-OH is 1. The molecule has 2 aromatic carbocycles. The number of rotatable bonds is 5. The van der Waals surface area contributed by atoms with Crippen molar-refractivity contribution in [3.05, 3.63) is 53.6 Å². The van der Waals surface area contributed by atoms with Crippen LogP contribution in [0.2, 0.25) is 0 Å². The number of nitrogens with zero attached hydrogens (tertiary/aromatic N) is 1. The van der Waals surface area contributed by atoms with Gasteiger partial charge in [-0.25, -0.2) is 4.98 Å². The summed E-state index contributed by atoms with van der Waals surface area (Å²) in [5.41, 5.74) is 3.19. The Labute approximate surface area is 126 Å². The smallest absolute Gasteiger partial charge is 0.184 e. The van der Waals surface area contributed by atoms with Crippen molar-refractivity contribution in [2.75, 3.05) is 11.9 Å². The average molecular weight is 300 g/mol. The summed E-state index contributed by atoms with van der Waals surface area (Å²) in [4.78, 5) is 4.48. The summed E-state index contributed by atoms with van der Waals surface area (Å²) in [6.07, 6.45) is 0.690. The maximum absolute atomic E-state index is 9.46. The number of benzene rings is 2. The zero-order chi connectivity index (χ0) is 14.7. The summed E-state index contributed by atoms with van der Waals surface area (Å²) in [6, 6.07) is 13.4. The van der Waals surface area contributed by atoms with Crippen LogP contribution >= 0.6 is 11.3 Å². The molecule has 0 saturated carbocycles. The van der Waals surface area contributed by atoms with Crippen LogP contribution < -0.4 is 5.32 Å². The third-order valence-corrected chi connectivity index (χ3v) is 4.22. The largest absolute Gasteiger partial charge is 0.508 e. The van der Waals surface area contributed by atoms with Crippen molar-refractivity contribution in [2.45, 2.75) is 13.0 Å². The Bertz CT molecular complexity index is 738. The first-order valence-electron chi connectivity index (χ1n) is 6.77. The maximum Gasteiger partial charge on any atom is 0.184 e. The van der Waals surface area contributed by atoms with Gasteiger partial charge >= 0.3 is 0 Å². The Balaban J connectivity index is 1.68. The van der Waals surface area contributed by atoms with Gasteiger partial charge in [0.15, 0.2) is 5.13 Å². The lowest BCUT2D eigenvalue weighted by Crippen LogP contribution is -1.99. The molecule has 0 fully saturated rings. The standard InChI is InChI=1S/C16H16N2O2S/c19-8-7-11-1-3-12(4-2-11)10-17-16-18-14-6-5-13(20)9-15(14)21-16/h1-6,9,19-20H,7-8,10H2,(H,17,18). The Kier molecular flexibility index (Phi) is 4.03. The minimum atomic E-state index is 0.177. The topological polar surface area (TPSA) is 65.4 Å². The van der Waals surface area contributed by atoms with Crippen LogP contribution in [0.3, 0.4) is 0 Å². The van der Waals surface area contributed by atoms with Crippen molar-refractivity contribution in [2.24, 2.45) is 0 Å². The molecule has 0 saturated heterocycles. The maximum atomic E-state index is 9.46. The van der Waals surface area contributed by atoms with Crippen LogP contribution in [0.4, 0.5) is 5.13 Å². The number of fused-ring (bicyclic) bond motifs is 1. The molecule has 21 heavy (non-hydrogen) atoms. The second kappa shape index (κ2) is 6.11. The fourth-order valence-electron chi connectivity index (χ4n) is 2.12. The van der Waals surface area contributed by atoms with E-state index in [9.17, 15) is 5.11 Å². The Morgan fingerprint density at radius 1 is 1.05 bits per heavy atom. The van der Waals surface area contributed by atoms with E-state index in [0.29, 0.717) is 13.0 Å². The Hall–Kier alpha value is -2.11. The first-order valence-corrected chi connectivity index (χ1v) is 7.58. The third kappa shape index (κ3) is 3.32. The van der Waals surface area contributed by atoms with E-state index in [2.05, 4.69) is 22.4 Å². The number of nitrogens with one attached hydrogen (secondary N) is 1. The van der Waals surface area contributed by atoms with Gasteiger partial charge in [-0.2, -0.15) is 0 Å². The molecule has 0 aliphatic rings. The van der Waals surface area contributed by atoms with Crippen molar-refractivity contribution in [1.82, 2.24) is 4.98 Å². The molecule has 1 aromatic heterocycles. The third-order valence-electron chi connectivity index (χ3n) is 3.24. The highest BCUT2D eigenvalue weighted by atomic mass is 32.1. The predicted octanol–water partition coefficient (Wildman–Crippen LogP) is 3.15. The van der Waals surface area contributed by atoms with Gasteiger partial charge in [-0.1, -0.05) is 35.6 Å². The van der Waals surface area contributed by atoms with Crippen LogP contribution in [0.5, 0.6) is 5.75 Å². The summed E-state index contributed by atoms with van der Waals surface area (Å²) in [6.45, 7) is 0.876. The summed E-state index contributed by atoms with van der Waals surface area (Å²) in [5.74, 6) is 0.261. The van der Waals surface area contributed by atoms with Gasteiger partial charge in [0.25, 0.3) is 0 Å². The Morgan fingerprint density at radius 3 is 2.57 bits per heavy atom. The lowest BCUT2D eigenvalue weighted by Gasteiger charge is -2.04. The first-order chi connectivity index (χ1) is 10.2. The van der Waals surface area contributed by atoms with Gasteiger partial charge in [-0.3, -0.25) is 0 Å². The van der Waals surface area contributed by atoms with Gasteiger partial charge in [0.1, 0.15) is 5.75 Å². The van der Waals surface area contributed by atoms with Crippen LogP contribution in [-0.4, -0.2) is 21.8 Å². The number of thiazole rings is 1. The monoisotopic (exact) mass is 300 g/mol. The van der Waals surface area contributed by atoms with E-state index in [1.54, 1.807) is 12.1 Å². The second-order valence-corrected chi connectivity index (χ2v) is 5.85. The number of phenols is 1. The molecular formula is C16H16N2O2S. The molecule has 0 atom stereocenters. The molecule has 0 amide bonds. The lowest BCUT2D eigenvalue weighted by molar-refractivity contribution is 0.299. The van der Waals surface area contributed by atoms with Gasteiger partial charge in [0.2, 0.25) is 0 Å². The molecule has 0 radical (unpaired) electrons. The molecule has 3 aromatic rings. The van der Waals surface area contributed by atoms with Gasteiger partial charge in [0.05, 0.1) is 10.2 Å². The highest BCUT2D eigenvalue weighted by molar-refractivity contribution is 7.22. The van der Waals surface area contributed by atoms with Crippen LogP contribution in [0.15, 0.2) is 42.5 Å². The van der Waals surface area contributed by atoms with E-state index in [4.69, 9.17) is 5.11 Å². The molecule has 0 aliphatic heterocycles. The number of hydrogen-bond acceptors (Lipinski definition) is 5. The van der Waals surface area contributed by atoms with E-state index in [1.807, 2.05) is 18.2 Å². The van der Waals surface area contributed by atoms with Gasteiger partial charge in [0, 0.05) is 13.2 Å². The van der Waals surface area contributed by atoms with Crippen LogP contribution in [-0.2, 0) is 13.0 Å². The highest BCUT2D eigenvalue weighted by Gasteiger charge is 2.04. The zero-order valence-electron chi connectivity index (χ0n) is 11.4. The summed E-state index contributed by atoms with van der Waals surface area (Å²) >= 11 is 1.53. The van der Waals surface area contributed by atoms with Crippen molar-refractivity contribution in [3.8, 4) is 5.75 Å². The summed E-state index contributed by atoms with van der Waals surface area (Å²) in [7, 11) is 0. The van der Waals surface area contributed by atoms with Crippen molar-refractivity contribution in [3.63, 3.8) is 0 Å². The van der Waals surface area contributed by atoms with Crippen molar-refractivity contribution < 1.29 is 10.2 Å². The molecule has 3 N–H and O–H groups in total. The molecular weight excluding hydrogens is 284 g/mol. The lowest BCUT2D eigenvalue weighted by atomic mass is 10.1. The normalized spacial score (nSPS) is 10.9. The quantitative estimate of drug-likeness (QED) is 0.677. The number of hydrogen-bond donors (Lipinski definition) is 3. The number of aromatic hydroxyl groups is 1. The van der Waals surface area contributed by atoms with E-state index in [0.717, 1.165) is 20.9 Å². The highest BCUT2D eigenvalue weighted by Crippen LogP contribution is 2.28. The fraction of sp³-hybridized carbons (Fsp3) is 0.188.